The Morgan fingerprint density at radius 1 is 0.393 bits per heavy atom. The number of imidazole rings is 1. The van der Waals surface area contributed by atoms with Crippen LogP contribution in [-0.2, 0) is 7.05 Å². The lowest BCUT2D eigenvalue weighted by Gasteiger charge is -2.17. The Hall–Kier alpha value is -7.36. The smallest absolute Gasteiger partial charge is 0.140 e. The first-order valence-corrected chi connectivity index (χ1v) is 19.1. The van der Waals surface area contributed by atoms with E-state index < -0.39 is 0 Å². The highest BCUT2D eigenvalue weighted by atomic mass is 15.1. The summed E-state index contributed by atoms with van der Waals surface area (Å²) >= 11 is 0. The zero-order valence-electron chi connectivity index (χ0n) is 30.8. The van der Waals surface area contributed by atoms with Gasteiger partial charge in [-0.3, -0.25) is 4.98 Å². The second-order valence-electron chi connectivity index (χ2n) is 14.7. The monoisotopic (exact) mass is 713 g/mol. The van der Waals surface area contributed by atoms with Crippen molar-refractivity contribution in [2.75, 3.05) is 0 Å². The molecular weight excluding hydrogens is 679 g/mol. The molecule has 0 spiro atoms. The number of nitrogens with zero attached hydrogens (tertiary/aromatic N) is 3. The summed E-state index contributed by atoms with van der Waals surface area (Å²) in [5, 5.41) is 9.84. The fraction of sp³-hybridized carbons (Fsp3) is 0.0189. The Morgan fingerprint density at radius 3 is 2.00 bits per heavy atom. The van der Waals surface area contributed by atoms with Crippen molar-refractivity contribution >= 4 is 54.1 Å². The molecule has 0 aliphatic rings. The molecule has 0 aliphatic carbocycles. The number of aryl methyl sites for hydroxylation is 1. The van der Waals surface area contributed by atoms with E-state index in [9.17, 15) is 0 Å². The van der Waals surface area contributed by atoms with Gasteiger partial charge in [0.05, 0.1) is 16.7 Å². The molecule has 11 rings (SSSR count). The minimum atomic E-state index is 0.958. The van der Waals surface area contributed by atoms with Crippen molar-refractivity contribution in [1.29, 1.82) is 0 Å². The van der Waals surface area contributed by atoms with Crippen molar-refractivity contribution in [3.8, 4) is 56.0 Å². The number of pyridine rings is 1. The minimum absolute atomic E-state index is 0.958. The molecule has 3 heteroatoms. The van der Waals surface area contributed by atoms with Crippen LogP contribution in [0.15, 0.2) is 194 Å². The second kappa shape index (κ2) is 12.9. The second-order valence-corrected chi connectivity index (χ2v) is 14.7. The summed E-state index contributed by atoms with van der Waals surface area (Å²) in [5.74, 6) is 0.958. The SMILES string of the molecule is Cn1c(-c2cccc(-c3cc(-c4cc5cc(-c6cc(-c7ccccc7)ccn6)ccc5c5ccccc45)c4c(ccc5ccccc54)c3)c2)nc2ccccc21. The molecule has 9 aromatic carbocycles. The molecule has 3 nitrogen and oxygen atoms in total. The summed E-state index contributed by atoms with van der Waals surface area (Å²) in [7, 11) is 2.10. The maximum Gasteiger partial charge on any atom is 0.140 e. The molecule has 0 N–H and O–H groups in total. The van der Waals surface area contributed by atoms with Crippen LogP contribution >= 0.6 is 0 Å². The quantitative estimate of drug-likeness (QED) is 0.166. The number of fused-ring (bicyclic) bond motifs is 7. The van der Waals surface area contributed by atoms with Crippen LogP contribution in [0.2, 0.25) is 0 Å². The minimum Gasteiger partial charge on any atom is -0.327 e. The molecule has 56 heavy (non-hydrogen) atoms. The van der Waals surface area contributed by atoms with Gasteiger partial charge in [-0.05, 0) is 131 Å². The lowest BCUT2D eigenvalue weighted by molar-refractivity contribution is 0.959. The Labute approximate surface area is 324 Å². The van der Waals surface area contributed by atoms with Gasteiger partial charge in [-0.2, -0.15) is 0 Å². The van der Waals surface area contributed by atoms with Crippen molar-refractivity contribution < 1.29 is 0 Å². The summed E-state index contributed by atoms with van der Waals surface area (Å²) in [6.07, 6.45) is 1.92. The summed E-state index contributed by atoms with van der Waals surface area (Å²) < 4.78 is 2.19. The highest BCUT2D eigenvalue weighted by Gasteiger charge is 2.17. The predicted octanol–water partition coefficient (Wildman–Crippen LogP) is 13.9. The standard InChI is InChI=1S/C53H35N3/c1-56-51-21-10-9-20-49(51)55-53(56)40-16-11-15-36(28-40)41-30-39-23-22-35-14-5-6-17-44(35)52(39)48(31-41)47-32-42-29-38(24-25-43(42)45-18-7-8-19-46(45)47)50-33-37(26-27-54-50)34-12-3-2-4-13-34/h2-33H,1H3. The predicted molar refractivity (Wildman–Crippen MR) is 236 cm³/mol. The van der Waals surface area contributed by atoms with Gasteiger partial charge < -0.3 is 4.57 Å². The molecule has 262 valence electrons. The number of rotatable bonds is 5. The molecule has 0 aliphatic heterocycles. The van der Waals surface area contributed by atoms with Gasteiger partial charge in [0.2, 0.25) is 0 Å². The average Bonchev–Trinajstić information content (AvgIpc) is 3.61. The lowest BCUT2D eigenvalue weighted by Crippen LogP contribution is -1.93. The molecule has 0 amide bonds. The molecule has 2 aromatic heterocycles. The Bertz CT molecular complexity index is 3320. The Kier molecular flexibility index (Phi) is 7.39. The van der Waals surface area contributed by atoms with Gasteiger partial charge in [0.15, 0.2) is 0 Å². The van der Waals surface area contributed by atoms with Gasteiger partial charge in [-0.15, -0.1) is 0 Å². The van der Waals surface area contributed by atoms with E-state index in [0.29, 0.717) is 0 Å². The van der Waals surface area contributed by atoms with Gasteiger partial charge in [0, 0.05) is 24.4 Å². The summed E-state index contributed by atoms with van der Waals surface area (Å²) in [4.78, 5) is 9.88. The van der Waals surface area contributed by atoms with E-state index in [-0.39, 0.29) is 0 Å². The van der Waals surface area contributed by atoms with Crippen molar-refractivity contribution in [3.63, 3.8) is 0 Å². The van der Waals surface area contributed by atoms with Crippen molar-refractivity contribution in [2.45, 2.75) is 0 Å². The van der Waals surface area contributed by atoms with Gasteiger partial charge in [0.25, 0.3) is 0 Å². The molecular formula is C53H35N3. The van der Waals surface area contributed by atoms with Gasteiger partial charge in [0.1, 0.15) is 5.82 Å². The maximum absolute atomic E-state index is 5.04. The molecule has 0 fully saturated rings. The first-order valence-electron chi connectivity index (χ1n) is 19.1. The number of hydrogen-bond acceptors (Lipinski definition) is 2. The fourth-order valence-corrected chi connectivity index (χ4v) is 8.66. The van der Waals surface area contributed by atoms with Crippen molar-refractivity contribution in [3.05, 3.63) is 194 Å². The topological polar surface area (TPSA) is 30.7 Å². The van der Waals surface area contributed by atoms with E-state index in [4.69, 9.17) is 9.97 Å². The molecule has 0 saturated carbocycles. The van der Waals surface area contributed by atoms with E-state index >= 15 is 0 Å². The molecule has 0 atom stereocenters. The van der Waals surface area contributed by atoms with Gasteiger partial charge in [-0.1, -0.05) is 133 Å². The third kappa shape index (κ3) is 5.28. The highest BCUT2D eigenvalue weighted by Crippen LogP contribution is 2.44. The summed E-state index contributed by atoms with van der Waals surface area (Å²) in [5.41, 5.74) is 12.4. The summed E-state index contributed by atoms with van der Waals surface area (Å²) in [6.45, 7) is 0. The highest BCUT2D eigenvalue weighted by molar-refractivity contribution is 6.21. The van der Waals surface area contributed by atoms with Crippen molar-refractivity contribution in [2.24, 2.45) is 7.05 Å². The Morgan fingerprint density at radius 2 is 1.11 bits per heavy atom. The molecule has 0 bridgehead atoms. The van der Waals surface area contributed by atoms with Gasteiger partial charge in [-0.25, -0.2) is 4.98 Å². The number of para-hydroxylation sites is 2. The van der Waals surface area contributed by atoms with Crippen LogP contribution in [-0.4, -0.2) is 14.5 Å². The zero-order valence-corrected chi connectivity index (χ0v) is 30.8. The number of hydrogen-bond donors (Lipinski definition) is 0. The van der Waals surface area contributed by atoms with E-state index in [2.05, 4.69) is 194 Å². The van der Waals surface area contributed by atoms with Crippen molar-refractivity contribution in [1.82, 2.24) is 14.5 Å². The van der Waals surface area contributed by atoms with Crippen LogP contribution in [0, 0.1) is 0 Å². The van der Waals surface area contributed by atoms with E-state index in [1.807, 2.05) is 12.3 Å². The van der Waals surface area contributed by atoms with Crippen LogP contribution in [0.3, 0.4) is 0 Å². The fourth-order valence-electron chi connectivity index (χ4n) is 8.66. The van der Waals surface area contributed by atoms with E-state index in [0.717, 1.165) is 44.8 Å². The Balaban J connectivity index is 1.14. The molecule has 0 unspecified atom stereocenters. The zero-order chi connectivity index (χ0) is 37.2. The lowest BCUT2D eigenvalue weighted by atomic mass is 9.86. The van der Waals surface area contributed by atoms with E-state index in [1.54, 1.807) is 0 Å². The first kappa shape index (κ1) is 32.1. The van der Waals surface area contributed by atoms with Crippen LogP contribution in [0.4, 0.5) is 0 Å². The largest absolute Gasteiger partial charge is 0.327 e. The molecule has 0 radical (unpaired) electrons. The third-order valence-electron chi connectivity index (χ3n) is 11.4. The molecule has 2 heterocycles. The summed E-state index contributed by atoms with van der Waals surface area (Å²) in [6, 6.07) is 68.1. The van der Waals surface area contributed by atoms with Crippen LogP contribution < -0.4 is 0 Å². The maximum atomic E-state index is 5.04. The van der Waals surface area contributed by atoms with Crippen LogP contribution in [0.1, 0.15) is 0 Å². The van der Waals surface area contributed by atoms with Crippen LogP contribution in [0.25, 0.3) is 110 Å². The average molecular weight is 714 g/mol. The van der Waals surface area contributed by atoms with Gasteiger partial charge >= 0.3 is 0 Å². The number of benzene rings is 9. The van der Waals surface area contributed by atoms with E-state index in [1.165, 1.54) is 65.3 Å². The molecule has 0 saturated heterocycles. The van der Waals surface area contributed by atoms with Crippen LogP contribution in [0.5, 0.6) is 0 Å². The molecule has 11 aromatic rings. The third-order valence-corrected chi connectivity index (χ3v) is 11.4. The first-order chi connectivity index (χ1) is 27.7. The number of aromatic nitrogens is 3. The normalized spacial score (nSPS) is 11.7.